The first-order chi connectivity index (χ1) is 14.7. The highest BCUT2D eigenvalue weighted by Gasteiger charge is 2.24. The van der Waals surface area contributed by atoms with E-state index in [2.05, 4.69) is 57.5 Å². The first-order valence-electron chi connectivity index (χ1n) is 10.0. The molecule has 0 aliphatic rings. The number of ether oxygens (including phenoxy) is 1. The molecule has 30 heavy (non-hydrogen) atoms. The molecular formula is C24H26N3O2S+. The minimum atomic E-state index is -0.234. The van der Waals surface area contributed by atoms with Gasteiger partial charge in [0.05, 0.1) is 25.3 Å². The highest BCUT2D eigenvalue weighted by molar-refractivity contribution is 7.10. The van der Waals surface area contributed by atoms with E-state index in [1.807, 2.05) is 37.3 Å². The number of carbonyl (C=O) groups is 1. The zero-order valence-corrected chi connectivity index (χ0v) is 17.9. The Hall–Kier alpha value is -3.09. The minimum Gasteiger partial charge on any atom is -0.495 e. The van der Waals surface area contributed by atoms with Crippen molar-refractivity contribution in [1.82, 2.24) is 4.98 Å². The zero-order chi connectivity index (χ0) is 20.9. The lowest BCUT2D eigenvalue weighted by Gasteiger charge is -2.18. The molecule has 0 fully saturated rings. The van der Waals surface area contributed by atoms with Gasteiger partial charge in [-0.3, -0.25) is 4.79 Å². The molecule has 0 saturated heterocycles. The van der Waals surface area contributed by atoms with Crippen LogP contribution < -0.4 is 15.4 Å². The minimum absolute atomic E-state index is 0.0386. The Morgan fingerprint density at radius 2 is 1.93 bits per heavy atom. The summed E-state index contributed by atoms with van der Waals surface area (Å²) in [5, 5.41) is 8.43. The molecule has 6 heteroatoms. The van der Waals surface area contributed by atoms with Crippen LogP contribution in [0.15, 0.2) is 72.2 Å². The second-order valence-corrected chi connectivity index (χ2v) is 8.29. The summed E-state index contributed by atoms with van der Waals surface area (Å²) in [5.74, 6) is 0.833. The Labute approximate surface area is 180 Å². The van der Waals surface area contributed by atoms with Crippen molar-refractivity contribution in [3.63, 3.8) is 0 Å². The average Bonchev–Trinajstić information content (AvgIpc) is 3.45. The topological polar surface area (TPSA) is 70.7 Å². The van der Waals surface area contributed by atoms with E-state index in [0.29, 0.717) is 11.4 Å². The van der Waals surface area contributed by atoms with Crippen molar-refractivity contribution in [2.45, 2.75) is 18.9 Å². The SMILES string of the molecule is COc1ccccc1NC(=O)[C@@H](C)[NH2+]C[C@@H](c1cccs1)c1c[nH]c2ccccc12. The molecule has 5 nitrogen and oxygen atoms in total. The number of benzene rings is 2. The van der Waals surface area contributed by atoms with E-state index in [1.54, 1.807) is 18.4 Å². The van der Waals surface area contributed by atoms with E-state index < -0.39 is 0 Å². The highest BCUT2D eigenvalue weighted by Crippen LogP contribution is 2.32. The third-order valence-electron chi connectivity index (χ3n) is 5.39. The van der Waals surface area contributed by atoms with E-state index >= 15 is 0 Å². The number of fused-ring (bicyclic) bond motifs is 1. The Morgan fingerprint density at radius 3 is 2.73 bits per heavy atom. The average molecular weight is 421 g/mol. The van der Waals surface area contributed by atoms with Crippen LogP contribution in [-0.2, 0) is 4.79 Å². The largest absolute Gasteiger partial charge is 0.495 e. The van der Waals surface area contributed by atoms with Gasteiger partial charge in [0.15, 0.2) is 6.04 Å². The van der Waals surface area contributed by atoms with Gasteiger partial charge in [0, 0.05) is 22.0 Å². The van der Waals surface area contributed by atoms with Crippen molar-refractivity contribution < 1.29 is 14.8 Å². The van der Waals surface area contributed by atoms with Gasteiger partial charge in [0.1, 0.15) is 5.75 Å². The predicted molar refractivity (Wildman–Crippen MR) is 122 cm³/mol. The Kier molecular flexibility index (Phi) is 6.16. The number of hydrogen-bond acceptors (Lipinski definition) is 3. The van der Waals surface area contributed by atoms with Crippen molar-refractivity contribution >= 4 is 33.8 Å². The monoisotopic (exact) mass is 420 g/mol. The normalized spacial score (nSPS) is 13.1. The number of quaternary nitrogens is 1. The van der Waals surface area contributed by atoms with Crippen LogP contribution in [0, 0.1) is 0 Å². The molecule has 0 spiro atoms. The number of anilines is 1. The molecule has 1 amide bonds. The van der Waals surface area contributed by atoms with E-state index in [-0.39, 0.29) is 17.9 Å². The van der Waals surface area contributed by atoms with E-state index in [1.165, 1.54) is 15.8 Å². The summed E-state index contributed by atoms with van der Waals surface area (Å²) in [4.78, 5) is 17.5. The maximum Gasteiger partial charge on any atom is 0.282 e. The quantitative estimate of drug-likeness (QED) is 0.404. The number of para-hydroxylation sites is 3. The zero-order valence-electron chi connectivity index (χ0n) is 17.1. The fourth-order valence-electron chi connectivity index (χ4n) is 3.71. The number of methoxy groups -OCH3 is 1. The van der Waals surface area contributed by atoms with Crippen LogP contribution in [0.1, 0.15) is 23.3 Å². The molecule has 0 aliphatic heterocycles. The van der Waals surface area contributed by atoms with Crippen LogP contribution in [-0.4, -0.2) is 30.6 Å². The van der Waals surface area contributed by atoms with E-state index in [0.717, 1.165) is 12.1 Å². The number of hydrogen-bond donors (Lipinski definition) is 3. The molecule has 2 heterocycles. The molecule has 154 valence electrons. The fourth-order valence-corrected chi connectivity index (χ4v) is 4.57. The fraction of sp³-hybridized carbons (Fsp3) is 0.208. The van der Waals surface area contributed by atoms with Gasteiger partial charge < -0.3 is 20.4 Å². The van der Waals surface area contributed by atoms with Gasteiger partial charge in [0.2, 0.25) is 0 Å². The van der Waals surface area contributed by atoms with Crippen LogP contribution in [0.5, 0.6) is 5.75 Å². The molecule has 0 aliphatic carbocycles. The van der Waals surface area contributed by atoms with Gasteiger partial charge in [-0.05, 0) is 42.1 Å². The van der Waals surface area contributed by atoms with Gasteiger partial charge in [0.25, 0.3) is 5.91 Å². The number of H-pyrrole nitrogens is 1. The van der Waals surface area contributed by atoms with Crippen LogP contribution in [0.3, 0.4) is 0 Å². The molecule has 0 unspecified atom stereocenters. The van der Waals surface area contributed by atoms with Crippen LogP contribution in [0.2, 0.25) is 0 Å². The molecule has 0 radical (unpaired) electrons. The van der Waals surface area contributed by atoms with Crippen molar-refractivity contribution in [2.24, 2.45) is 0 Å². The maximum atomic E-state index is 12.8. The van der Waals surface area contributed by atoms with Crippen LogP contribution in [0.25, 0.3) is 10.9 Å². The summed E-state index contributed by atoms with van der Waals surface area (Å²) in [5.41, 5.74) is 3.09. The van der Waals surface area contributed by atoms with Crippen molar-refractivity contribution in [3.8, 4) is 5.75 Å². The summed E-state index contributed by atoms with van der Waals surface area (Å²) < 4.78 is 5.34. The molecule has 2 aromatic carbocycles. The number of rotatable bonds is 8. The second kappa shape index (κ2) is 9.15. The van der Waals surface area contributed by atoms with Crippen LogP contribution >= 0.6 is 11.3 Å². The molecule has 2 atom stereocenters. The summed E-state index contributed by atoms with van der Waals surface area (Å²) >= 11 is 1.75. The number of amides is 1. The summed E-state index contributed by atoms with van der Waals surface area (Å²) in [6.45, 7) is 2.72. The maximum absolute atomic E-state index is 12.8. The van der Waals surface area contributed by atoms with E-state index in [9.17, 15) is 4.79 Å². The van der Waals surface area contributed by atoms with Gasteiger partial charge in [-0.25, -0.2) is 0 Å². The lowest BCUT2D eigenvalue weighted by molar-refractivity contribution is -0.674. The molecule has 4 aromatic rings. The summed E-state index contributed by atoms with van der Waals surface area (Å²) in [6.07, 6.45) is 2.10. The summed E-state index contributed by atoms with van der Waals surface area (Å²) in [7, 11) is 1.60. The third-order valence-corrected chi connectivity index (χ3v) is 6.37. The first-order valence-corrected chi connectivity index (χ1v) is 10.9. The Balaban J connectivity index is 1.49. The Bertz CT molecular complexity index is 1120. The van der Waals surface area contributed by atoms with Crippen LogP contribution in [0.4, 0.5) is 5.69 Å². The van der Waals surface area contributed by atoms with Crippen molar-refractivity contribution in [2.75, 3.05) is 19.0 Å². The number of aromatic nitrogens is 1. The second-order valence-electron chi connectivity index (χ2n) is 7.31. The molecule has 4 N–H and O–H groups in total. The van der Waals surface area contributed by atoms with Gasteiger partial charge >= 0.3 is 0 Å². The molecular weight excluding hydrogens is 394 g/mol. The van der Waals surface area contributed by atoms with E-state index in [4.69, 9.17) is 4.74 Å². The number of thiophene rings is 1. The molecule has 0 bridgehead atoms. The molecule has 2 aromatic heterocycles. The number of nitrogens with one attached hydrogen (secondary N) is 2. The molecule has 4 rings (SSSR count). The number of carbonyl (C=O) groups excluding carboxylic acids is 1. The van der Waals surface area contributed by atoms with Gasteiger partial charge in [-0.1, -0.05) is 36.4 Å². The van der Waals surface area contributed by atoms with Crippen molar-refractivity contribution in [1.29, 1.82) is 0 Å². The lowest BCUT2D eigenvalue weighted by atomic mass is 9.96. The summed E-state index contributed by atoms with van der Waals surface area (Å²) in [6, 6.07) is 19.8. The highest BCUT2D eigenvalue weighted by atomic mass is 32.1. The standard InChI is InChI=1S/C24H25N3O2S/c1-16(24(28)27-21-10-5-6-11-22(21)29-2)25-15-19(23-12-7-13-30-23)18-14-26-20-9-4-3-8-17(18)20/h3-14,16,19,25-26H,15H2,1-2H3,(H,27,28)/p+1/t16-,19-/m1/s1. The number of nitrogens with two attached hydrogens (primary N) is 1. The molecule has 0 saturated carbocycles. The third kappa shape index (κ3) is 4.25. The lowest BCUT2D eigenvalue weighted by Crippen LogP contribution is -2.92. The predicted octanol–water partition coefficient (Wildman–Crippen LogP) is 3.96. The number of aromatic amines is 1. The van der Waals surface area contributed by atoms with Crippen molar-refractivity contribution in [3.05, 3.63) is 82.7 Å². The Morgan fingerprint density at radius 1 is 1.13 bits per heavy atom. The van der Waals surface area contributed by atoms with Gasteiger partial charge in [-0.2, -0.15) is 0 Å². The smallest absolute Gasteiger partial charge is 0.282 e. The van der Waals surface area contributed by atoms with Gasteiger partial charge in [-0.15, -0.1) is 11.3 Å². The first kappa shape index (κ1) is 20.2.